The Kier molecular flexibility index (Phi) is 4.62. The van der Waals surface area contributed by atoms with Gasteiger partial charge in [-0.3, -0.25) is 4.90 Å². The monoisotopic (exact) mass is 285 g/mol. The zero-order valence-corrected chi connectivity index (χ0v) is 12.1. The number of anilines is 1. The van der Waals surface area contributed by atoms with Crippen molar-refractivity contribution in [1.82, 2.24) is 4.90 Å². The van der Waals surface area contributed by atoms with Crippen LogP contribution in [0.25, 0.3) is 0 Å². The van der Waals surface area contributed by atoms with Gasteiger partial charge in [-0.1, -0.05) is 29.8 Å². The minimum Gasteiger partial charge on any atom is -0.398 e. The maximum absolute atomic E-state index is 8.91. The van der Waals surface area contributed by atoms with Crippen molar-refractivity contribution < 1.29 is 0 Å². The fourth-order valence-electron chi connectivity index (χ4n) is 2.12. The number of nitrogens with zero attached hydrogens (tertiary/aromatic N) is 2. The van der Waals surface area contributed by atoms with E-state index in [9.17, 15) is 0 Å². The van der Waals surface area contributed by atoms with Gasteiger partial charge in [0.1, 0.15) is 0 Å². The van der Waals surface area contributed by atoms with E-state index in [0.29, 0.717) is 22.8 Å². The first-order chi connectivity index (χ1) is 9.60. The van der Waals surface area contributed by atoms with Crippen molar-refractivity contribution in [1.29, 1.82) is 5.26 Å². The summed E-state index contributed by atoms with van der Waals surface area (Å²) in [4.78, 5) is 2.12. The molecule has 0 saturated heterocycles. The summed E-state index contributed by atoms with van der Waals surface area (Å²) >= 11 is 6.17. The van der Waals surface area contributed by atoms with E-state index >= 15 is 0 Å². The van der Waals surface area contributed by atoms with Crippen LogP contribution in [-0.2, 0) is 13.1 Å². The number of rotatable bonds is 4. The second kappa shape index (κ2) is 6.42. The number of hydrogen-bond donors (Lipinski definition) is 1. The summed E-state index contributed by atoms with van der Waals surface area (Å²) in [7, 11) is 2.00. The standard InChI is InChI=1S/C16H16ClN3/c1-20(10-13-5-2-4-12(8-13)9-18)11-14-15(17)6-3-7-16(14)19/h2-8H,10-11,19H2,1H3. The Balaban J connectivity index is 2.09. The third-order valence-electron chi connectivity index (χ3n) is 3.09. The van der Waals surface area contributed by atoms with Crippen molar-refractivity contribution in [3.63, 3.8) is 0 Å². The lowest BCUT2D eigenvalue weighted by Gasteiger charge is -2.19. The molecule has 0 aromatic heterocycles. The van der Waals surface area contributed by atoms with E-state index in [0.717, 1.165) is 17.7 Å². The normalized spacial score (nSPS) is 10.5. The smallest absolute Gasteiger partial charge is 0.0991 e. The van der Waals surface area contributed by atoms with Gasteiger partial charge in [-0.2, -0.15) is 5.26 Å². The first-order valence-electron chi connectivity index (χ1n) is 6.30. The molecule has 3 nitrogen and oxygen atoms in total. The number of benzene rings is 2. The lowest BCUT2D eigenvalue weighted by molar-refractivity contribution is 0.319. The lowest BCUT2D eigenvalue weighted by Crippen LogP contribution is -2.18. The number of nitrogen functional groups attached to an aromatic ring is 1. The van der Waals surface area contributed by atoms with Gasteiger partial charge in [0, 0.05) is 29.4 Å². The fourth-order valence-corrected chi connectivity index (χ4v) is 2.36. The Morgan fingerprint density at radius 3 is 2.65 bits per heavy atom. The highest BCUT2D eigenvalue weighted by molar-refractivity contribution is 6.31. The van der Waals surface area contributed by atoms with E-state index in [1.54, 1.807) is 6.07 Å². The third kappa shape index (κ3) is 3.51. The number of hydrogen-bond acceptors (Lipinski definition) is 3. The topological polar surface area (TPSA) is 53.0 Å². The van der Waals surface area contributed by atoms with Gasteiger partial charge >= 0.3 is 0 Å². The molecule has 0 unspecified atom stereocenters. The van der Waals surface area contributed by atoms with Crippen LogP contribution in [0.1, 0.15) is 16.7 Å². The van der Waals surface area contributed by atoms with Gasteiger partial charge in [-0.15, -0.1) is 0 Å². The molecule has 0 radical (unpaired) electrons. The first kappa shape index (κ1) is 14.4. The van der Waals surface area contributed by atoms with Crippen molar-refractivity contribution in [3.05, 3.63) is 64.2 Å². The van der Waals surface area contributed by atoms with Crippen LogP contribution in [0.2, 0.25) is 5.02 Å². The quantitative estimate of drug-likeness (QED) is 0.876. The first-order valence-corrected chi connectivity index (χ1v) is 6.68. The number of halogens is 1. The molecular formula is C16H16ClN3. The van der Waals surface area contributed by atoms with Crippen LogP contribution in [0.3, 0.4) is 0 Å². The van der Waals surface area contributed by atoms with Crippen LogP contribution in [0.5, 0.6) is 0 Å². The Hall–Kier alpha value is -2.02. The van der Waals surface area contributed by atoms with E-state index in [-0.39, 0.29) is 0 Å². The predicted octanol–water partition coefficient (Wildman–Crippen LogP) is 3.43. The Bertz CT molecular complexity index is 626. The van der Waals surface area contributed by atoms with Gasteiger partial charge in [0.05, 0.1) is 11.6 Å². The SMILES string of the molecule is CN(Cc1cccc(C#N)c1)Cc1c(N)cccc1Cl. The summed E-state index contributed by atoms with van der Waals surface area (Å²) in [5, 5.41) is 9.59. The highest BCUT2D eigenvalue weighted by atomic mass is 35.5. The van der Waals surface area contributed by atoms with E-state index in [2.05, 4.69) is 11.0 Å². The molecule has 20 heavy (non-hydrogen) atoms. The molecule has 0 aliphatic heterocycles. The molecule has 0 fully saturated rings. The molecule has 0 heterocycles. The molecule has 2 aromatic carbocycles. The van der Waals surface area contributed by atoms with Crippen molar-refractivity contribution in [2.45, 2.75) is 13.1 Å². The molecule has 0 spiro atoms. The van der Waals surface area contributed by atoms with Gasteiger partial charge in [-0.25, -0.2) is 0 Å². The summed E-state index contributed by atoms with van der Waals surface area (Å²) in [5.41, 5.74) is 9.37. The molecule has 2 aromatic rings. The van der Waals surface area contributed by atoms with E-state index < -0.39 is 0 Å². The molecule has 102 valence electrons. The molecule has 0 aliphatic carbocycles. The van der Waals surface area contributed by atoms with Crippen LogP contribution < -0.4 is 5.73 Å². The van der Waals surface area contributed by atoms with Crippen molar-refractivity contribution >= 4 is 17.3 Å². The summed E-state index contributed by atoms with van der Waals surface area (Å²) in [6.07, 6.45) is 0. The predicted molar refractivity (Wildman–Crippen MR) is 82.2 cm³/mol. The molecule has 2 N–H and O–H groups in total. The molecule has 4 heteroatoms. The van der Waals surface area contributed by atoms with Crippen molar-refractivity contribution in [2.75, 3.05) is 12.8 Å². The zero-order chi connectivity index (χ0) is 14.5. The highest BCUT2D eigenvalue weighted by Gasteiger charge is 2.08. The lowest BCUT2D eigenvalue weighted by atomic mass is 10.1. The van der Waals surface area contributed by atoms with Crippen LogP contribution in [-0.4, -0.2) is 11.9 Å². The summed E-state index contributed by atoms with van der Waals surface area (Å²) in [5.74, 6) is 0. The maximum Gasteiger partial charge on any atom is 0.0991 e. The van der Waals surface area contributed by atoms with Crippen LogP contribution in [0.15, 0.2) is 42.5 Å². The Morgan fingerprint density at radius 1 is 1.20 bits per heavy atom. The summed E-state index contributed by atoms with van der Waals surface area (Å²) in [6.45, 7) is 1.41. The summed E-state index contributed by atoms with van der Waals surface area (Å²) in [6, 6.07) is 15.3. The van der Waals surface area contributed by atoms with Crippen LogP contribution >= 0.6 is 11.6 Å². The molecule has 2 rings (SSSR count). The van der Waals surface area contributed by atoms with E-state index in [1.807, 2.05) is 43.4 Å². The highest BCUT2D eigenvalue weighted by Crippen LogP contribution is 2.23. The van der Waals surface area contributed by atoms with Gasteiger partial charge in [0.2, 0.25) is 0 Å². The van der Waals surface area contributed by atoms with Gasteiger partial charge in [0.25, 0.3) is 0 Å². The van der Waals surface area contributed by atoms with Gasteiger partial charge in [0.15, 0.2) is 0 Å². The zero-order valence-electron chi connectivity index (χ0n) is 11.3. The van der Waals surface area contributed by atoms with Crippen molar-refractivity contribution in [2.24, 2.45) is 0 Å². The Morgan fingerprint density at radius 2 is 1.95 bits per heavy atom. The van der Waals surface area contributed by atoms with Crippen molar-refractivity contribution in [3.8, 4) is 6.07 Å². The number of nitrogens with two attached hydrogens (primary N) is 1. The Labute approximate surface area is 124 Å². The summed E-state index contributed by atoms with van der Waals surface area (Å²) < 4.78 is 0. The van der Waals surface area contributed by atoms with E-state index in [1.165, 1.54) is 0 Å². The molecule has 0 aliphatic rings. The molecule has 0 amide bonds. The second-order valence-corrected chi connectivity index (χ2v) is 5.20. The molecule has 0 atom stereocenters. The average Bonchev–Trinajstić information content (AvgIpc) is 2.43. The number of nitriles is 1. The van der Waals surface area contributed by atoms with Gasteiger partial charge < -0.3 is 5.73 Å². The van der Waals surface area contributed by atoms with E-state index in [4.69, 9.17) is 22.6 Å². The fraction of sp³-hybridized carbons (Fsp3) is 0.188. The van der Waals surface area contributed by atoms with Gasteiger partial charge in [-0.05, 0) is 36.9 Å². The van der Waals surface area contributed by atoms with Crippen LogP contribution in [0.4, 0.5) is 5.69 Å². The molecule has 0 bridgehead atoms. The molecular weight excluding hydrogens is 270 g/mol. The largest absolute Gasteiger partial charge is 0.398 e. The molecule has 0 saturated carbocycles. The third-order valence-corrected chi connectivity index (χ3v) is 3.45. The minimum absolute atomic E-state index is 0.669. The minimum atomic E-state index is 0.669. The maximum atomic E-state index is 8.91. The average molecular weight is 286 g/mol. The van der Waals surface area contributed by atoms with Crippen LogP contribution in [0, 0.1) is 11.3 Å². The second-order valence-electron chi connectivity index (χ2n) is 4.79.